The molecule has 0 unspecified atom stereocenters. The summed E-state index contributed by atoms with van der Waals surface area (Å²) in [6.07, 6.45) is 2.41. The lowest BCUT2D eigenvalue weighted by atomic mass is 9.82. The first-order valence-electron chi connectivity index (χ1n) is 6.97. The number of fused-ring (bicyclic) bond motifs is 1. The fraction of sp³-hybridized carbons (Fsp3) is 0.625. The molecule has 1 aliphatic heterocycles. The molecular weight excluding hydrogens is 240 g/mol. The van der Waals surface area contributed by atoms with Crippen LogP contribution in [-0.2, 0) is 5.41 Å². The first-order chi connectivity index (χ1) is 8.96. The highest BCUT2D eigenvalue weighted by Gasteiger charge is 2.46. The average Bonchev–Trinajstić information content (AvgIpc) is 3.17. The second-order valence-corrected chi connectivity index (χ2v) is 6.73. The normalized spacial score (nSPS) is 20.2. The third-order valence-corrected chi connectivity index (χ3v) is 4.44. The summed E-state index contributed by atoms with van der Waals surface area (Å²) in [4.78, 5) is 0. The van der Waals surface area contributed by atoms with Crippen molar-refractivity contribution in [1.29, 1.82) is 0 Å². The molecule has 0 amide bonds. The molecule has 0 atom stereocenters. The van der Waals surface area contributed by atoms with Crippen molar-refractivity contribution in [2.75, 3.05) is 19.8 Å². The molecule has 3 heteroatoms. The third kappa shape index (κ3) is 2.20. The standard InChI is InChI=1S/C16H22O3/c1-11-6-13-14(7-12(11)15(2,3)8-17)19-10-16(4-5-16)9-18-13/h6-7,17H,4-5,8-10H2,1-3H3. The molecule has 1 heterocycles. The van der Waals surface area contributed by atoms with E-state index >= 15 is 0 Å². The maximum absolute atomic E-state index is 9.55. The lowest BCUT2D eigenvalue weighted by Crippen LogP contribution is -2.23. The summed E-state index contributed by atoms with van der Waals surface area (Å²) < 4.78 is 11.9. The van der Waals surface area contributed by atoms with Crippen molar-refractivity contribution in [3.8, 4) is 11.5 Å². The molecule has 3 rings (SSSR count). The van der Waals surface area contributed by atoms with Gasteiger partial charge in [0.1, 0.15) is 0 Å². The number of hydrogen-bond acceptors (Lipinski definition) is 3. The van der Waals surface area contributed by atoms with Crippen LogP contribution in [0.15, 0.2) is 12.1 Å². The van der Waals surface area contributed by atoms with E-state index in [0.29, 0.717) is 0 Å². The van der Waals surface area contributed by atoms with Crippen LogP contribution in [-0.4, -0.2) is 24.9 Å². The second kappa shape index (κ2) is 4.14. The maximum atomic E-state index is 9.55. The summed E-state index contributed by atoms with van der Waals surface area (Å²) in [5, 5.41) is 9.55. The SMILES string of the molecule is Cc1cc2c(cc1C(C)(C)CO)OCC1(CC1)CO2. The zero-order valence-electron chi connectivity index (χ0n) is 12.0. The minimum Gasteiger partial charge on any atom is -0.489 e. The highest BCUT2D eigenvalue weighted by Crippen LogP contribution is 2.49. The quantitative estimate of drug-likeness (QED) is 0.890. The van der Waals surface area contributed by atoms with Crippen LogP contribution >= 0.6 is 0 Å². The van der Waals surface area contributed by atoms with Gasteiger partial charge >= 0.3 is 0 Å². The molecule has 2 aliphatic rings. The van der Waals surface area contributed by atoms with E-state index in [1.807, 2.05) is 26.0 Å². The van der Waals surface area contributed by atoms with E-state index < -0.39 is 0 Å². The molecule has 3 nitrogen and oxygen atoms in total. The van der Waals surface area contributed by atoms with Gasteiger partial charge in [0.15, 0.2) is 11.5 Å². The molecule has 0 radical (unpaired) electrons. The molecule has 104 valence electrons. The summed E-state index contributed by atoms with van der Waals surface area (Å²) in [5.41, 5.74) is 2.28. The first-order valence-corrected chi connectivity index (χ1v) is 6.97. The lowest BCUT2D eigenvalue weighted by molar-refractivity contribution is 0.196. The van der Waals surface area contributed by atoms with Gasteiger partial charge in [0.25, 0.3) is 0 Å². The Morgan fingerprint density at radius 2 is 1.74 bits per heavy atom. The largest absolute Gasteiger partial charge is 0.489 e. The number of hydrogen-bond donors (Lipinski definition) is 1. The summed E-state index contributed by atoms with van der Waals surface area (Å²) in [6.45, 7) is 7.79. The summed E-state index contributed by atoms with van der Waals surface area (Å²) in [7, 11) is 0. The highest BCUT2D eigenvalue weighted by atomic mass is 16.5. The topological polar surface area (TPSA) is 38.7 Å². The van der Waals surface area contributed by atoms with Gasteiger partial charge in [0.05, 0.1) is 19.8 Å². The van der Waals surface area contributed by atoms with Crippen LogP contribution in [0.25, 0.3) is 0 Å². The number of rotatable bonds is 2. The second-order valence-electron chi connectivity index (χ2n) is 6.73. The molecule has 1 fully saturated rings. The Bertz CT molecular complexity index is 501. The maximum Gasteiger partial charge on any atom is 0.161 e. The van der Waals surface area contributed by atoms with Crippen molar-refractivity contribution in [3.05, 3.63) is 23.3 Å². The Morgan fingerprint density at radius 1 is 1.16 bits per heavy atom. The van der Waals surface area contributed by atoms with Gasteiger partial charge in [-0.2, -0.15) is 0 Å². The number of aryl methyl sites for hydroxylation is 1. The third-order valence-electron chi connectivity index (χ3n) is 4.44. The van der Waals surface area contributed by atoms with Crippen LogP contribution in [0.2, 0.25) is 0 Å². The van der Waals surface area contributed by atoms with Gasteiger partial charge in [0.2, 0.25) is 0 Å². The minimum absolute atomic E-state index is 0.122. The lowest BCUT2D eigenvalue weighted by Gasteiger charge is -2.25. The Balaban J connectivity index is 1.97. The monoisotopic (exact) mass is 262 g/mol. The van der Waals surface area contributed by atoms with Crippen LogP contribution in [0.5, 0.6) is 11.5 Å². The minimum atomic E-state index is -0.258. The molecule has 0 saturated heterocycles. The van der Waals surface area contributed by atoms with Crippen molar-refractivity contribution in [3.63, 3.8) is 0 Å². The molecule has 0 aromatic heterocycles. The van der Waals surface area contributed by atoms with Crippen molar-refractivity contribution in [2.24, 2.45) is 5.41 Å². The zero-order valence-corrected chi connectivity index (χ0v) is 12.0. The van der Waals surface area contributed by atoms with E-state index in [9.17, 15) is 5.11 Å². The molecule has 1 spiro atoms. The summed E-state index contributed by atoms with van der Waals surface area (Å²) >= 11 is 0. The van der Waals surface area contributed by atoms with Crippen LogP contribution in [0.4, 0.5) is 0 Å². The van der Waals surface area contributed by atoms with Crippen LogP contribution in [0.3, 0.4) is 0 Å². The molecule has 1 saturated carbocycles. The van der Waals surface area contributed by atoms with E-state index in [1.54, 1.807) is 0 Å². The van der Waals surface area contributed by atoms with Crippen molar-refractivity contribution < 1.29 is 14.6 Å². The van der Waals surface area contributed by atoms with Crippen molar-refractivity contribution >= 4 is 0 Å². The van der Waals surface area contributed by atoms with Gasteiger partial charge in [-0.1, -0.05) is 13.8 Å². The molecular formula is C16H22O3. The zero-order chi connectivity index (χ0) is 13.7. The first kappa shape index (κ1) is 12.8. The molecule has 1 N–H and O–H groups in total. The number of aliphatic hydroxyl groups excluding tert-OH is 1. The van der Waals surface area contributed by atoms with E-state index in [0.717, 1.165) is 35.8 Å². The Kier molecular flexibility index (Phi) is 2.79. The van der Waals surface area contributed by atoms with Crippen molar-refractivity contribution in [2.45, 2.75) is 39.0 Å². The van der Waals surface area contributed by atoms with Gasteiger partial charge in [0, 0.05) is 10.8 Å². The molecule has 0 bridgehead atoms. The molecule has 1 aliphatic carbocycles. The molecule has 1 aromatic rings. The van der Waals surface area contributed by atoms with Gasteiger partial charge in [-0.15, -0.1) is 0 Å². The highest BCUT2D eigenvalue weighted by molar-refractivity contribution is 5.50. The fourth-order valence-corrected chi connectivity index (χ4v) is 2.67. The van der Waals surface area contributed by atoms with E-state index in [-0.39, 0.29) is 17.4 Å². The number of aliphatic hydroxyl groups is 1. The predicted molar refractivity (Wildman–Crippen MR) is 73.9 cm³/mol. The van der Waals surface area contributed by atoms with E-state index in [1.165, 1.54) is 12.8 Å². The van der Waals surface area contributed by atoms with Gasteiger partial charge < -0.3 is 14.6 Å². The average molecular weight is 262 g/mol. The molecule has 1 aromatic carbocycles. The summed E-state index contributed by atoms with van der Waals surface area (Å²) in [5.74, 6) is 1.67. The van der Waals surface area contributed by atoms with Gasteiger partial charge in [-0.25, -0.2) is 0 Å². The fourth-order valence-electron chi connectivity index (χ4n) is 2.67. The predicted octanol–water partition coefficient (Wildman–Crippen LogP) is 2.82. The van der Waals surface area contributed by atoms with E-state index in [4.69, 9.17) is 9.47 Å². The van der Waals surface area contributed by atoms with Gasteiger partial charge in [-0.3, -0.25) is 0 Å². The van der Waals surface area contributed by atoms with Gasteiger partial charge in [-0.05, 0) is 43.0 Å². The number of benzene rings is 1. The van der Waals surface area contributed by atoms with Crippen LogP contribution < -0.4 is 9.47 Å². The Hall–Kier alpha value is -1.22. The smallest absolute Gasteiger partial charge is 0.161 e. The summed E-state index contributed by atoms with van der Waals surface area (Å²) in [6, 6.07) is 4.09. The molecule has 19 heavy (non-hydrogen) atoms. The van der Waals surface area contributed by atoms with E-state index in [2.05, 4.69) is 6.92 Å². The Labute approximate surface area is 114 Å². The van der Waals surface area contributed by atoms with Crippen LogP contribution in [0, 0.1) is 12.3 Å². The number of ether oxygens (including phenoxy) is 2. The van der Waals surface area contributed by atoms with Crippen molar-refractivity contribution in [1.82, 2.24) is 0 Å². The van der Waals surface area contributed by atoms with Crippen LogP contribution in [0.1, 0.15) is 37.8 Å². The Morgan fingerprint density at radius 3 is 2.26 bits per heavy atom.